The van der Waals surface area contributed by atoms with E-state index in [1.807, 2.05) is 0 Å². The van der Waals surface area contributed by atoms with Gasteiger partial charge in [0.15, 0.2) is 17.5 Å². The Morgan fingerprint density at radius 1 is 0.246 bits per heavy atom. The molecule has 69 heavy (non-hydrogen) atoms. The summed E-state index contributed by atoms with van der Waals surface area (Å²) in [6, 6.07) is 87.4. The largest absolute Gasteiger partial charge is 0.307 e. The first-order chi connectivity index (χ1) is 34.2. The van der Waals surface area contributed by atoms with Crippen LogP contribution in [0.2, 0.25) is 0 Å². The first kappa shape index (κ1) is 39.0. The van der Waals surface area contributed by atoms with Crippen molar-refractivity contribution >= 4 is 75.7 Å². The van der Waals surface area contributed by atoms with Gasteiger partial charge in [-0.1, -0.05) is 212 Å². The molecule has 0 radical (unpaired) electrons. The summed E-state index contributed by atoms with van der Waals surface area (Å²) in [6.07, 6.45) is 0. The van der Waals surface area contributed by atoms with Gasteiger partial charge in [-0.05, 0) is 90.1 Å². The van der Waals surface area contributed by atoms with Crippen molar-refractivity contribution in [2.45, 2.75) is 0 Å². The highest BCUT2D eigenvalue weighted by molar-refractivity contribution is 6.22. The smallest absolute Gasteiger partial charge is 0.164 e. The summed E-state index contributed by atoms with van der Waals surface area (Å²) >= 11 is 0. The summed E-state index contributed by atoms with van der Waals surface area (Å²) in [5.41, 5.74) is 10.6. The highest BCUT2D eigenvalue weighted by atomic mass is 15.0. The summed E-state index contributed by atoms with van der Waals surface area (Å²) in [6.45, 7) is 0. The maximum atomic E-state index is 5.54. The number of fused-ring (bicyclic) bond motifs is 9. The lowest BCUT2D eigenvalue weighted by Crippen LogP contribution is -2.04. The lowest BCUT2D eigenvalue weighted by atomic mass is 9.91. The van der Waals surface area contributed by atoms with Crippen LogP contribution in [0.25, 0.3) is 138 Å². The Morgan fingerprint density at radius 3 is 1.57 bits per heavy atom. The van der Waals surface area contributed by atoms with E-state index in [1.165, 1.54) is 37.8 Å². The van der Waals surface area contributed by atoms with Crippen molar-refractivity contribution in [3.05, 3.63) is 243 Å². The normalized spacial score (nSPS) is 11.8. The summed E-state index contributed by atoms with van der Waals surface area (Å²) in [4.78, 5) is 16.4. The van der Waals surface area contributed by atoms with Gasteiger partial charge in [-0.15, -0.1) is 0 Å². The molecule has 0 N–H and O–H groups in total. The molecule has 0 aliphatic rings. The molecule has 0 spiro atoms. The average Bonchev–Trinajstić information content (AvgIpc) is 3.74. The third-order valence-electron chi connectivity index (χ3n) is 14.0. The van der Waals surface area contributed by atoms with Crippen LogP contribution in [0.4, 0.5) is 0 Å². The third kappa shape index (κ3) is 6.41. The Hall–Kier alpha value is -9.25. The number of hydrogen-bond donors (Lipinski definition) is 0. The van der Waals surface area contributed by atoms with E-state index in [0.29, 0.717) is 17.5 Å². The van der Waals surface area contributed by atoms with Crippen molar-refractivity contribution in [2.24, 2.45) is 0 Å². The van der Waals surface area contributed by atoms with Crippen LogP contribution in [-0.4, -0.2) is 19.5 Å². The molecule has 4 nitrogen and oxygen atoms in total. The summed E-state index contributed by atoms with van der Waals surface area (Å²) in [5.74, 6) is 1.85. The van der Waals surface area contributed by atoms with Crippen molar-refractivity contribution in [2.75, 3.05) is 0 Å². The number of hydrogen-bond acceptors (Lipinski definition) is 3. The maximum Gasteiger partial charge on any atom is 0.164 e. The molecule has 0 aliphatic heterocycles. The fourth-order valence-electron chi connectivity index (χ4n) is 10.7. The monoisotopic (exact) mass is 876 g/mol. The van der Waals surface area contributed by atoms with Gasteiger partial charge in [0.1, 0.15) is 0 Å². The van der Waals surface area contributed by atoms with Gasteiger partial charge in [0.2, 0.25) is 0 Å². The van der Waals surface area contributed by atoms with Gasteiger partial charge in [-0.3, -0.25) is 0 Å². The van der Waals surface area contributed by atoms with Gasteiger partial charge in [-0.2, -0.15) is 0 Å². The predicted molar refractivity (Wildman–Crippen MR) is 289 cm³/mol. The summed E-state index contributed by atoms with van der Waals surface area (Å²) in [7, 11) is 0. The van der Waals surface area contributed by atoms with E-state index in [1.54, 1.807) is 0 Å². The molecule has 14 aromatic rings. The molecule has 320 valence electrons. The molecule has 0 saturated carbocycles. The molecule has 2 heterocycles. The second-order valence-electron chi connectivity index (χ2n) is 17.9. The molecular weight excluding hydrogens is 837 g/mol. The minimum absolute atomic E-state index is 0.605. The number of benzene rings is 12. The van der Waals surface area contributed by atoms with Crippen molar-refractivity contribution < 1.29 is 0 Å². The first-order valence-corrected chi connectivity index (χ1v) is 23.5. The Bertz CT molecular complexity index is 4360. The summed E-state index contributed by atoms with van der Waals surface area (Å²) in [5, 5.41) is 13.9. The van der Waals surface area contributed by atoms with E-state index in [0.717, 1.165) is 82.5 Å². The van der Waals surface area contributed by atoms with Gasteiger partial charge in [-0.25, -0.2) is 15.0 Å². The Kier molecular flexibility index (Phi) is 8.86. The summed E-state index contributed by atoms with van der Waals surface area (Å²) < 4.78 is 2.55. The highest BCUT2D eigenvalue weighted by Gasteiger charge is 2.25. The van der Waals surface area contributed by atoms with Crippen LogP contribution in [0.5, 0.6) is 0 Å². The molecule has 0 fully saturated rings. The van der Waals surface area contributed by atoms with E-state index in [2.05, 4.69) is 247 Å². The predicted octanol–water partition coefficient (Wildman–Crippen LogP) is 17.1. The molecule has 0 amide bonds. The van der Waals surface area contributed by atoms with Crippen LogP contribution in [0.3, 0.4) is 0 Å². The van der Waals surface area contributed by atoms with Crippen LogP contribution in [0.15, 0.2) is 243 Å². The fraction of sp³-hybridized carbons (Fsp3) is 0. The van der Waals surface area contributed by atoms with Crippen molar-refractivity contribution in [3.63, 3.8) is 0 Å². The van der Waals surface area contributed by atoms with Gasteiger partial charge in [0.05, 0.1) is 16.7 Å². The average molecular weight is 877 g/mol. The molecule has 14 rings (SSSR count). The minimum atomic E-state index is 0.605. The zero-order chi connectivity index (χ0) is 45.4. The van der Waals surface area contributed by atoms with Crippen LogP contribution in [0, 0.1) is 0 Å². The van der Waals surface area contributed by atoms with Gasteiger partial charge < -0.3 is 4.57 Å². The Morgan fingerprint density at radius 2 is 0.797 bits per heavy atom. The molecule has 0 atom stereocenters. The van der Waals surface area contributed by atoms with Crippen molar-refractivity contribution in [1.82, 2.24) is 19.5 Å². The van der Waals surface area contributed by atoms with Crippen LogP contribution < -0.4 is 0 Å². The fourth-order valence-corrected chi connectivity index (χ4v) is 10.7. The van der Waals surface area contributed by atoms with Crippen LogP contribution in [0.1, 0.15) is 0 Å². The van der Waals surface area contributed by atoms with Gasteiger partial charge >= 0.3 is 0 Å². The zero-order valence-corrected chi connectivity index (χ0v) is 37.4. The van der Waals surface area contributed by atoms with E-state index >= 15 is 0 Å². The van der Waals surface area contributed by atoms with E-state index in [9.17, 15) is 0 Å². The second kappa shape index (κ2) is 15.7. The van der Waals surface area contributed by atoms with Crippen molar-refractivity contribution in [3.8, 4) is 62.1 Å². The van der Waals surface area contributed by atoms with Gasteiger partial charge in [0, 0.05) is 43.8 Å². The van der Waals surface area contributed by atoms with E-state index in [-0.39, 0.29) is 0 Å². The standard InChI is InChI=1S/C65H40N4/c1-3-16-41(17-4-1)49-33-35-53-57(37-49)59(65-67-63(50-31-30-42-18-7-8-23-46(42)36-50)66-64(68-65)55-29-15-26-43-21-11-13-27-51(43)55)40-56(44-19-5-2-6-20-44)62(53)69-60-39-48-25-10-9-24-47(48)38-58(60)54-34-32-45-22-12-14-28-52(45)61(54)69/h1-40H. The molecule has 4 heteroatoms. The van der Waals surface area contributed by atoms with Crippen LogP contribution in [-0.2, 0) is 0 Å². The number of rotatable bonds is 6. The third-order valence-corrected chi connectivity index (χ3v) is 14.0. The SMILES string of the molecule is c1ccc(-c2ccc3c(-n4c5cc6ccccc6cc5c5ccc6ccccc6c54)c(-c4ccccc4)cc(-c4nc(-c5ccc6ccccc6c5)nc(-c5cccc6ccccc56)n4)c3c2)cc1. The molecule has 0 bridgehead atoms. The molecule has 2 aromatic heterocycles. The Labute approximate surface area is 398 Å². The maximum absolute atomic E-state index is 5.54. The lowest BCUT2D eigenvalue weighted by molar-refractivity contribution is 1.08. The molecule has 12 aromatic carbocycles. The Balaban J connectivity index is 1.15. The van der Waals surface area contributed by atoms with E-state index in [4.69, 9.17) is 15.0 Å². The number of aromatic nitrogens is 4. The molecular formula is C65H40N4. The highest BCUT2D eigenvalue weighted by Crippen LogP contribution is 2.46. The molecule has 0 aliphatic carbocycles. The topological polar surface area (TPSA) is 43.6 Å². The minimum Gasteiger partial charge on any atom is -0.307 e. The number of nitrogens with zero attached hydrogens (tertiary/aromatic N) is 4. The van der Waals surface area contributed by atoms with E-state index < -0.39 is 0 Å². The van der Waals surface area contributed by atoms with Crippen molar-refractivity contribution in [1.29, 1.82) is 0 Å². The first-order valence-electron chi connectivity index (χ1n) is 23.5. The lowest BCUT2D eigenvalue weighted by Gasteiger charge is -2.21. The molecule has 0 saturated heterocycles. The quantitative estimate of drug-likeness (QED) is 0.167. The second-order valence-corrected chi connectivity index (χ2v) is 17.9. The van der Waals surface area contributed by atoms with Gasteiger partial charge in [0.25, 0.3) is 0 Å². The zero-order valence-electron chi connectivity index (χ0n) is 37.4. The molecule has 0 unspecified atom stereocenters. The van der Waals surface area contributed by atoms with Crippen LogP contribution >= 0.6 is 0 Å².